The van der Waals surface area contributed by atoms with Gasteiger partial charge in [0, 0.05) is 16.5 Å². The maximum absolute atomic E-state index is 9.63. The van der Waals surface area contributed by atoms with Crippen molar-refractivity contribution in [3.05, 3.63) is 65.5 Å². The van der Waals surface area contributed by atoms with Gasteiger partial charge in [0.2, 0.25) is 5.13 Å². The molecule has 3 aromatic rings. The van der Waals surface area contributed by atoms with E-state index < -0.39 is 0 Å². The Balaban J connectivity index is 1.70. The van der Waals surface area contributed by atoms with Crippen molar-refractivity contribution in [3.8, 4) is 17.0 Å². The second-order valence-electron chi connectivity index (χ2n) is 4.33. The zero-order valence-corrected chi connectivity index (χ0v) is 11.9. The monoisotopic (exact) mass is 295 g/mol. The number of hydrazone groups is 1. The summed E-state index contributed by atoms with van der Waals surface area (Å²) in [7, 11) is 0. The Labute approximate surface area is 126 Å². The van der Waals surface area contributed by atoms with E-state index in [0.29, 0.717) is 10.7 Å². The molecule has 104 valence electrons. The number of aromatic hydroxyl groups is 1. The Bertz CT molecular complexity index is 753. The Morgan fingerprint density at radius 3 is 2.62 bits per heavy atom. The minimum atomic E-state index is 0.201. The summed E-state index contributed by atoms with van der Waals surface area (Å²) in [4.78, 5) is 4.47. The number of benzene rings is 2. The van der Waals surface area contributed by atoms with Gasteiger partial charge in [-0.1, -0.05) is 42.5 Å². The average Bonchev–Trinajstić information content (AvgIpc) is 2.99. The van der Waals surface area contributed by atoms with Gasteiger partial charge in [0.25, 0.3) is 0 Å². The fourth-order valence-corrected chi connectivity index (χ4v) is 2.49. The van der Waals surface area contributed by atoms with Crippen LogP contribution in [0.25, 0.3) is 11.3 Å². The van der Waals surface area contributed by atoms with Crippen molar-refractivity contribution in [1.29, 1.82) is 0 Å². The second kappa shape index (κ2) is 6.19. The lowest BCUT2D eigenvalue weighted by Gasteiger charge is -1.97. The Kier molecular flexibility index (Phi) is 3.93. The number of nitrogens with one attached hydrogen (secondary N) is 1. The minimum Gasteiger partial charge on any atom is -0.507 e. The van der Waals surface area contributed by atoms with Crippen molar-refractivity contribution in [3.63, 3.8) is 0 Å². The van der Waals surface area contributed by atoms with Gasteiger partial charge in [0.15, 0.2) is 0 Å². The Morgan fingerprint density at radius 1 is 1.05 bits per heavy atom. The first kappa shape index (κ1) is 13.3. The minimum absolute atomic E-state index is 0.201. The molecule has 0 saturated heterocycles. The topological polar surface area (TPSA) is 57.5 Å². The van der Waals surface area contributed by atoms with E-state index in [-0.39, 0.29) is 5.75 Å². The first-order valence-electron chi connectivity index (χ1n) is 6.41. The molecule has 1 heterocycles. The van der Waals surface area contributed by atoms with Crippen molar-refractivity contribution in [2.75, 3.05) is 5.43 Å². The molecular weight excluding hydrogens is 282 g/mol. The molecule has 0 unspecified atom stereocenters. The summed E-state index contributed by atoms with van der Waals surface area (Å²) in [6.07, 6.45) is 1.57. The quantitative estimate of drug-likeness (QED) is 0.566. The highest BCUT2D eigenvalue weighted by Crippen LogP contribution is 2.24. The zero-order valence-electron chi connectivity index (χ0n) is 11.1. The lowest BCUT2D eigenvalue weighted by atomic mass is 10.2. The molecule has 2 aromatic carbocycles. The van der Waals surface area contributed by atoms with Crippen molar-refractivity contribution in [2.24, 2.45) is 5.10 Å². The van der Waals surface area contributed by atoms with Crippen molar-refractivity contribution in [2.45, 2.75) is 0 Å². The number of phenolic OH excluding ortho intramolecular Hbond substituents is 1. The first-order valence-corrected chi connectivity index (χ1v) is 7.29. The number of aromatic nitrogens is 1. The molecule has 0 aliphatic rings. The summed E-state index contributed by atoms with van der Waals surface area (Å²) in [5.74, 6) is 0.201. The van der Waals surface area contributed by atoms with E-state index in [1.54, 1.807) is 24.4 Å². The van der Waals surface area contributed by atoms with E-state index in [0.717, 1.165) is 11.3 Å². The third-order valence-electron chi connectivity index (χ3n) is 2.87. The normalized spacial score (nSPS) is 10.9. The molecule has 0 aliphatic carbocycles. The van der Waals surface area contributed by atoms with Crippen LogP contribution in [0.2, 0.25) is 0 Å². The Morgan fingerprint density at radius 2 is 1.81 bits per heavy atom. The predicted octanol–water partition coefficient (Wildman–Crippen LogP) is 3.96. The summed E-state index contributed by atoms with van der Waals surface area (Å²) in [6, 6.07) is 17.0. The molecule has 3 rings (SSSR count). The SMILES string of the molecule is Oc1ccccc1/C=N/Nc1nc(-c2ccccc2)cs1. The van der Waals surface area contributed by atoms with Gasteiger partial charge in [0.1, 0.15) is 5.75 Å². The first-order chi connectivity index (χ1) is 10.3. The lowest BCUT2D eigenvalue weighted by Crippen LogP contribution is -1.90. The van der Waals surface area contributed by atoms with Gasteiger partial charge < -0.3 is 5.11 Å². The maximum atomic E-state index is 9.63. The molecule has 0 spiro atoms. The smallest absolute Gasteiger partial charge is 0.203 e. The van der Waals surface area contributed by atoms with Gasteiger partial charge in [-0.25, -0.2) is 4.98 Å². The van der Waals surface area contributed by atoms with E-state index in [9.17, 15) is 5.11 Å². The fourth-order valence-electron chi connectivity index (χ4n) is 1.82. The molecular formula is C16H13N3OS. The zero-order chi connectivity index (χ0) is 14.5. The summed E-state index contributed by atoms with van der Waals surface area (Å²) in [5.41, 5.74) is 5.53. The highest BCUT2D eigenvalue weighted by Gasteiger charge is 2.02. The van der Waals surface area contributed by atoms with Crippen molar-refractivity contribution >= 4 is 22.7 Å². The van der Waals surface area contributed by atoms with Crippen molar-refractivity contribution < 1.29 is 5.11 Å². The van der Waals surface area contributed by atoms with Crippen LogP contribution in [0.15, 0.2) is 65.1 Å². The number of anilines is 1. The van der Waals surface area contributed by atoms with Crippen LogP contribution >= 0.6 is 11.3 Å². The number of thiazole rings is 1. The van der Waals surface area contributed by atoms with E-state index in [2.05, 4.69) is 15.5 Å². The number of hydrogen-bond donors (Lipinski definition) is 2. The van der Waals surface area contributed by atoms with Crippen LogP contribution in [0.1, 0.15) is 5.56 Å². The van der Waals surface area contributed by atoms with Crippen LogP contribution in [0.5, 0.6) is 5.75 Å². The molecule has 0 atom stereocenters. The second-order valence-corrected chi connectivity index (χ2v) is 5.19. The van der Waals surface area contributed by atoms with Crippen LogP contribution in [0.4, 0.5) is 5.13 Å². The summed E-state index contributed by atoms with van der Waals surface area (Å²) in [6.45, 7) is 0. The number of para-hydroxylation sites is 1. The number of hydrogen-bond acceptors (Lipinski definition) is 5. The summed E-state index contributed by atoms with van der Waals surface area (Å²) >= 11 is 1.49. The fraction of sp³-hybridized carbons (Fsp3) is 0. The Hall–Kier alpha value is -2.66. The van der Waals surface area contributed by atoms with Gasteiger partial charge in [0.05, 0.1) is 11.9 Å². The predicted molar refractivity (Wildman–Crippen MR) is 86.9 cm³/mol. The maximum Gasteiger partial charge on any atom is 0.203 e. The average molecular weight is 295 g/mol. The third-order valence-corrected chi connectivity index (χ3v) is 3.62. The van der Waals surface area contributed by atoms with Crippen LogP contribution in [0, 0.1) is 0 Å². The molecule has 0 aliphatic heterocycles. The number of phenols is 1. The summed E-state index contributed by atoms with van der Waals surface area (Å²) in [5, 5.41) is 16.4. The van der Waals surface area contributed by atoms with E-state index in [1.807, 2.05) is 41.8 Å². The van der Waals surface area contributed by atoms with E-state index in [1.165, 1.54) is 11.3 Å². The third kappa shape index (κ3) is 3.27. The molecule has 0 fully saturated rings. The standard InChI is InChI=1S/C16H13N3OS/c20-15-9-5-4-8-13(15)10-17-19-16-18-14(11-21-16)12-6-2-1-3-7-12/h1-11,20H,(H,18,19)/b17-10+. The van der Waals surface area contributed by atoms with Crippen molar-refractivity contribution in [1.82, 2.24) is 4.98 Å². The summed E-state index contributed by atoms with van der Waals surface area (Å²) < 4.78 is 0. The lowest BCUT2D eigenvalue weighted by molar-refractivity contribution is 0.474. The van der Waals surface area contributed by atoms with E-state index in [4.69, 9.17) is 0 Å². The van der Waals surface area contributed by atoms with Gasteiger partial charge >= 0.3 is 0 Å². The van der Waals surface area contributed by atoms with Gasteiger partial charge in [-0.05, 0) is 12.1 Å². The molecule has 1 aromatic heterocycles. The van der Waals surface area contributed by atoms with E-state index >= 15 is 0 Å². The molecule has 0 radical (unpaired) electrons. The van der Waals surface area contributed by atoms with Crippen LogP contribution in [-0.4, -0.2) is 16.3 Å². The van der Waals surface area contributed by atoms with Gasteiger partial charge in [-0.15, -0.1) is 11.3 Å². The van der Waals surface area contributed by atoms with Gasteiger partial charge in [-0.3, -0.25) is 5.43 Å². The molecule has 21 heavy (non-hydrogen) atoms. The molecule has 5 heteroatoms. The highest BCUT2D eigenvalue weighted by molar-refractivity contribution is 7.14. The highest BCUT2D eigenvalue weighted by atomic mass is 32.1. The molecule has 0 saturated carbocycles. The van der Waals surface area contributed by atoms with Gasteiger partial charge in [-0.2, -0.15) is 5.10 Å². The largest absolute Gasteiger partial charge is 0.507 e. The number of rotatable bonds is 4. The molecule has 0 bridgehead atoms. The van der Waals surface area contributed by atoms with Crippen LogP contribution in [-0.2, 0) is 0 Å². The number of nitrogens with zero attached hydrogens (tertiary/aromatic N) is 2. The molecule has 4 nitrogen and oxygen atoms in total. The van der Waals surface area contributed by atoms with Crippen LogP contribution in [0.3, 0.4) is 0 Å². The molecule has 2 N–H and O–H groups in total. The van der Waals surface area contributed by atoms with Crippen LogP contribution < -0.4 is 5.43 Å². The molecule has 0 amide bonds.